The summed E-state index contributed by atoms with van der Waals surface area (Å²) < 4.78 is 6.32. The average Bonchev–Trinajstić information content (AvgIpc) is 3.19. The Morgan fingerprint density at radius 1 is 1.36 bits per heavy atom. The molecule has 128 valence electrons. The van der Waals surface area contributed by atoms with Gasteiger partial charge in [0.1, 0.15) is 10.1 Å². The summed E-state index contributed by atoms with van der Waals surface area (Å²) in [6, 6.07) is 9.90. The van der Waals surface area contributed by atoms with Crippen LogP contribution in [0.25, 0.3) is 0 Å². The van der Waals surface area contributed by atoms with Gasteiger partial charge in [-0.1, -0.05) is 47.3 Å². The smallest absolute Gasteiger partial charge is 0.331 e. The Bertz CT molecular complexity index is 875. The number of nitrogens with zero attached hydrogens (tertiary/aromatic N) is 4. The molecule has 0 unspecified atom stereocenters. The molecule has 9 heteroatoms. The molecule has 7 nitrogen and oxygen atoms in total. The van der Waals surface area contributed by atoms with Crippen LogP contribution in [0.2, 0.25) is 0 Å². The lowest BCUT2D eigenvalue weighted by atomic mass is 10.2. The number of amides is 1. The minimum Gasteiger partial charge on any atom is -0.466 e. The fraction of sp³-hybridized carbons (Fsp3) is 0.188. The second kappa shape index (κ2) is 7.66. The number of ether oxygens (including phenoxy) is 1. The monoisotopic (exact) mass is 374 g/mol. The summed E-state index contributed by atoms with van der Waals surface area (Å²) in [5, 5.41) is 9.60. The number of hydrogen-bond acceptors (Lipinski definition) is 7. The highest BCUT2D eigenvalue weighted by atomic mass is 32.2. The third-order valence-corrected chi connectivity index (χ3v) is 5.11. The van der Waals surface area contributed by atoms with E-state index < -0.39 is 11.9 Å². The average molecular weight is 374 g/mol. The second-order valence-electron chi connectivity index (χ2n) is 4.95. The molecule has 1 aliphatic heterocycles. The Morgan fingerprint density at radius 3 is 2.80 bits per heavy atom. The van der Waals surface area contributed by atoms with E-state index in [9.17, 15) is 9.59 Å². The Morgan fingerprint density at radius 2 is 2.12 bits per heavy atom. The van der Waals surface area contributed by atoms with Crippen LogP contribution in [0.4, 0.5) is 0 Å². The van der Waals surface area contributed by atoms with E-state index in [1.54, 1.807) is 4.68 Å². The van der Waals surface area contributed by atoms with Crippen molar-refractivity contribution < 1.29 is 14.3 Å². The maximum absolute atomic E-state index is 12.0. The van der Waals surface area contributed by atoms with E-state index in [1.165, 1.54) is 18.9 Å². The topological polar surface area (TPSA) is 86.4 Å². The number of aliphatic imine (C=N–C) groups is 1. The molecule has 0 aliphatic carbocycles. The predicted octanol–water partition coefficient (Wildman–Crippen LogP) is 2.13. The van der Waals surface area contributed by atoms with Gasteiger partial charge in [-0.2, -0.15) is 4.99 Å². The Labute approximate surface area is 152 Å². The van der Waals surface area contributed by atoms with Crippen molar-refractivity contribution in [1.82, 2.24) is 15.0 Å². The third-order valence-electron chi connectivity index (χ3n) is 3.33. The first-order valence-electron chi connectivity index (χ1n) is 7.24. The lowest BCUT2D eigenvalue weighted by molar-refractivity contribution is -0.135. The fourth-order valence-electron chi connectivity index (χ4n) is 2.18. The van der Waals surface area contributed by atoms with Gasteiger partial charge in [0.25, 0.3) is 5.91 Å². The van der Waals surface area contributed by atoms with Gasteiger partial charge in [-0.3, -0.25) is 4.79 Å². The fourth-order valence-corrected chi connectivity index (χ4v) is 3.74. The number of thioether (sulfide) groups is 2. The van der Waals surface area contributed by atoms with Crippen LogP contribution in [0, 0.1) is 0 Å². The second-order valence-corrected chi connectivity index (χ2v) is 6.77. The van der Waals surface area contributed by atoms with Gasteiger partial charge in [0.2, 0.25) is 0 Å². The summed E-state index contributed by atoms with van der Waals surface area (Å²) in [6.07, 6.45) is 3.05. The molecule has 0 fully saturated rings. The van der Waals surface area contributed by atoms with Crippen molar-refractivity contribution in [3.05, 3.63) is 52.6 Å². The molecule has 0 bridgehead atoms. The summed E-state index contributed by atoms with van der Waals surface area (Å²) in [6.45, 7) is 0.570. The Hall–Kier alpha value is -2.39. The van der Waals surface area contributed by atoms with Gasteiger partial charge in [0.15, 0.2) is 5.69 Å². The van der Waals surface area contributed by atoms with Crippen molar-refractivity contribution in [2.45, 2.75) is 11.6 Å². The number of carbonyl (C=O) groups excluding carboxylic acids is 2. The van der Waals surface area contributed by atoms with E-state index in [2.05, 4.69) is 20.0 Å². The summed E-state index contributed by atoms with van der Waals surface area (Å²) in [7, 11) is 1.26. The van der Waals surface area contributed by atoms with E-state index in [1.807, 2.05) is 36.6 Å². The van der Waals surface area contributed by atoms with Gasteiger partial charge in [0, 0.05) is 6.08 Å². The number of methoxy groups -OCH3 is 1. The molecule has 0 atom stereocenters. The molecule has 0 saturated carbocycles. The first kappa shape index (κ1) is 17.4. The SMILES string of the molecule is COC(=O)/C=C1\SC(c2nnn(Cc3ccccc3)c2SC)=NC1=O. The molecule has 25 heavy (non-hydrogen) atoms. The van der Waals surface area contributed by atoms with Gasteiger partial charge in [-0.15, -0.1) is 16.9 Å². The molecular formula is C16H14N4O3S2. The zero-order valence-corrected chi connectivity index (χ0v) is 15.1. The minimum atomic E-state index is -0.592. The van der Waals surface area contributed by atoms with E-state index in [-0.39, 0.29) is 4.91 Å². The molecule has 0 saturated heterocycles. The van der Waals surface area contributed by atoms with Crippen molar-refractivity contribution in [2.24, 2.45) is 4.99 Å². The number of rotatable bonds is 5. The first-order chi connectivity index (χ1) is 12.1. The van der Waals surface area contributed by atoms with Crippen molar-refractivity contribution in [3.63, 3.8) is 0 Å². The molecule has 3 rings (SSSR count). The largest absolute Gasteiger partial charge is 0.466 e. The number of carbonyl (C=O) groups is 2. The van der Waals surface area contributed by atoms with Gasteiger partial charge >= 0.3 is 5.97 Å². The first-order valence-corrected chi connectivity index (χ1v) is 9.28. The van der Waals surface area contributed by atoms with E-state index in [0.29, 0.717) is 17.3 Å². The minimum absolute atomic E-state index is 0.214. The van der Waals surface area contributed by atoms with Crippen LogP contribution in [-0.2, 0) is 20.9 Å². The molecule has 1 aromatic heterocycles. The standard InChI is InChI=1S/C16H14N4O3S2/c1-23-12(21)8-11-14(22)17-15(25-11)13-16(24-2)20(19-18-13)9-10-6-4-3-5-7-10/h3-8H,9H2,1-2H3/b11-8-. The van der Waals surface area contributed by atoms with Crippen LogP contribution >= 0.6 is 23.5 Å². The van der Waals surface area contributed by atoms with Crippen molar-refractivity contribution in [2.75, 3.05) is 13.4 Å². The summed E-state index contributed by atoms with van der Waals surface area (Å²) in [5.74, 6) is -1.07. The zero-order valence-electron chi connectivity index (χ0n) is 13.5. The maximum atomic E-state index is 12.0. The molecule has 2 aromatic rings. The molecule has 1 aliphatic rings. The third kappa shape index (κ3) is 3.83. The van der Waals surface area contributed by atoms with Crippen LogP contribution in [0.5, 0.6) is 0 Å². The summed E-state index contributed by atoms with van der Waals surface area (Å²) in [5.41, 5.74) is 1.63. The summed E-state index contributed by atoms with van der Waals surface area (Å²) in [4.78, 5) is 27.5. The normalized spacial score (nSPS) is 15.5. The van der Waals surface area contributed by atoms with Gasteiger partial charge < -0.3 is 4.74 Å². The quantitative estimate of drug-likeness (QED) is 0.450. The molecule has 2 heterocycles. The number of benzene rings is 1. The van der Waals surface area contributed by atoms with Gasteiger partial charge in [-0.05, 0) is 11.8 Å². The zero-order chi connectivity index (χ0) is 17.8. The van der Waals surface area contributed by atoms with E-state index in [4.69, 9.17) is 0 Å². The van der Waals surface area contributed by atoms with Gasteiger partial charge in [0.05, 0.1) is 18.6 Å². The van der Waals surface area contributed by atoms with Crippen molar-refractivity contribution in [3.8, 4) is 0 Å². The highest BCUT2D eigenvalue weighted by Crippen LogP contribution is 2.33. The van der Waals surface area contributed by atoms with Crippen LogP contribution in [0.3, 0.4) is 0 Å². The van der Waals surface area contributed by atoms with Crippen LogP contribution in [0.1, 0.15) is 11.3 Å². The van der Waals surface area contributed by atoms with Crippen LogP contribution in [0.15, 0.2) is 51.3 Å². The van der Waals surface area contributed by atoms with E-state index >= 15 is 0 Å². The molecule has 1 amide bonds. The summed E-state index contributed by atoms with van der Waals surface area (Å²) >= 11 is 2.57. The lowest BCUT2D eigenvalue weighted by Crippen LogP contribution is -2.04. The number of aromatic nitrogens is 3. The van der Waals surface area contributed by atoms with Crippen molar-refractivity contribution in [1.29, 1.82) is 0 Å². The van der Waals surface area contributed by atoms with Crippen LogP contribution < -0.4 is 0 Å². The lowest BCUT2D eigenvalue weighted by Gasteiger charge is -2.05. The molecule has 0 spiro atoms. The van der Waals surface area contributed by atoms with Gasteiger partial charge in [-0.25, -0.2) is 9.48 Å². The van der Waals surface area contributed by atoms with Crippen LogP contribution in [-0.4, -0.2) is 45.3 Å². The molecule has 1 aromatic carbocycles. The number of hydrogen-bond donors (Lipinski definition) is 0. The highest BCUT2D eigenvalue weighted by Gasteiger charge is 2.28. The number of esters is 1. The molecule has 0 radical (unpaired) electrons. The van der Waals surface area contributed by atoms with E-state index in [0.717, 1.165) is 28.4 Å². The Balaban J connectivity index is 1.87. The molecular weight excluding hydrogens is 360 g/mol. The van der Waals surface area contributed by atoms with Crippen molar-refractivity contribution >= 4 is 40.4 Å². The maximum Gasteiger partial charge on any atom is 0.331 e. The Kier molecular flexibility index (Phi) is 5.34. The molecule has 0 N–H and O–H groups in total. The highest BCUT2D eigenvalue weighted by molar-refractivity contribution is 8.19. The predicted molar refractivity (Wildman–Crippen MR) is 96.6 cm³/mol.